The second kappa shape index (κ2) is 8.66. The Bertz CT molecular complexity index is 1050. The third-order valence-corrected chi connectivity index (χ3v) is 4.59. The van der Waals surface area contributed by atoms with E-state index in [4.69, 9.17) is 38.9 Å². The van der Waals surface area contributed by atoms with E-state index in [9.17, 15) is 4.79 Å². The number of carbonyl (C=O) groups is 1. The van der Waals surface area contributed by atoms with Crippen molar-refractivity contribution in [1.82, 2.24) is 0 Å². The van der Waals surface area contributed by atoms with Gasteiger partial charge in [0.25, 0.3) is 5.91 Å². The minimum atomic E-state index is -0.347. The lowest BCUT2D eigenvalue weighted by atomic mass is 10.1. The maximum Gasteiger partial charge on any atom is 0.255 e. The summed E-state index contributed by atoms with van der Waals surface area (Å²) >= 11 is 12.0. The topological polar surface area (TPSA) is 88.1 Å². The van der Waals surface area contributed by atoms with Crippen molar-refractivity contribution >= 4 is 40.5 Å². The van der Waals surface area contributed by atoms with Crippen molar-refractivity contribution in [2.75, 3.05) is 11.1 Å². The van der Waals surface area contributed by atoms with Gasteiger partial charge in [0.15, 0.2) is 0 Å². The van der Waals surface area contributed by atoms with Crippen LogP contribution in [0.2, 0.25) is 10.0 Å². The highest BCUT2D eigenvalue weighted by molar-refractivity contribution is 6.39. The number of hydrogen-bond acceptors (Lipinski definition) is 4. The lowest BCUT2D eigenvalue weighted by Crippen LogP contribution is -2.12. The summed E-state index contributed by atoms with van der Waals surface area (Å²) in [5.41, 5.74) is 8.11. The van der Waals surface area contributed by atoms with E-state index in [0.29, 0.717) is 22.6 Å². The van der Waals surface area contributed by atoms with Crippen LogP contribution in [0.5, 0.6) is 5.75 Å². The number of ether oxygens (including phenoxy) is 1. The number of rotatable bonds is 5. The number of hydrogen-bond donors (Lipinski definition) is 2. The summed E-state index contributed by atoms with van der Waals surface area (Å²) < 4.78 is 5.74. The number of benzene rings is 3. The van der Waals surface area contributed by atoms with Gasteiger partial charge in [-0.2, -0.15) is 5.26 Å². The Balaban J connectivity index is 1.72. The summed E-state index contributed by atoms with van der Waals surface area (Å²) in [6.45, 7) is 0.220. The van der Waals surface area contributed by atoms with Crippen molar-refractivity contribution in [1.29, 1.82) is 5.26 Å². The lowest BCUT2D eigenvalue weighted by Gasteiger charge is -2.11. The SMILES string of the molecule is N#Cc1ccccc1COc1cccc(C(=O)Nc2cc(Cl)c(N)c(Cl)c2)c1. The Labute approximate surface area is 172 Å². The average molecular weight is 412 g/mol. The molecule has 0 aliphatic heterocycles. The highest BCUT2D eigenvalue weighted by Crippen LogP contribution is 2.31. The van der Waals surface area contributed by atoms with Crippen molar-refractivity contribution in [3.05, 3.63) is 87.4 Å². The summed E-state index contributed by atoms with van der Waals surface area (Å²) in [6.07, 6.45) is 0. The van der Waals surface area contributed by atoms with Crippen LogP contribution in [0.25, 0.3) is 0 Å². The van der Waals surface area contributed by atoms with Gasteiger partial charge in [0, 0.05) is 16.8 Å². The van der Waals surface area contributed by atoms with Gasteiger partial charge in [0.1, 0.15) is 12.4 Å². The first-order chi connectivity index (χ1) is 13.5. The Morgan fingerprint density at radius 3 is 2.50 bits per heavy atom. The molecule has 0 aliphatic rings. The van der Waals surface area contributed by atoms with E-state index >= 15 is 0 Å². The second-order valence-corrected chi connectivity index (χ2v) is 6.71. The molecule has 140 valence electrons. The molecule has 5 nitrogen and oxygen atoms in total. The third kappa shape index (κ3) is 4.55. The zero-order chi connectivity index (χ0) is 20.1. The van der Waals surface area contributed by atoms with E-state index in [1.807, 2.05) is 12.1 Å². The molecule has 0 atom stereocenters. The van der Waals surface area contributed by atoms with Gasteiger partial charge in [-0.3, -0.25) is 4.79 Å². The minimum absolute atomic E-state index is 0.220. The van der Waals surface area contributed by atoms with E-state index in [-0.39, 0.29) is 28.2 Å². The predicted molar refractivity (Wildman–Crippen MR) is 111 cm³/mol. The van der Waals surface area contributed by atoms with E-state index in [0.717, 1.165) is 5.56 Å². The molecule has 28 heavy (non-hydrogen) atoms. The Morgan fingerprint density at radius 1 is 1.07 bits per heavy atom. The zero-order valence-electron chi connectivity index (χ0n) is 14.6. The molecule has 0 saturated heterocycles. The molecular formula is C21H15Cl2N3O2. The molecule has 0 heterocycles. The van der Waals surface area contributed by atoms with Gasteiger partial charge in [-0.1, -0.05) is 47.5 Å². The van der Waals surface area contributed by atoms with Crippen molar-refractivity contribution in [3.8, 4) is 11.8 Å². The van der Waals surface area contributed by atoms with Crippen LogP contribution in [0.4, 0.5) is 11.4 Å². The minimum Gasteiger partial charge on any atom is -0.489 e. The summed E-state index contributed by atoms with van der Waals surface area (Å²) in [6, 6.07) is 19.1. The molecule has 3 rings (SSSR count). The number of halogens is 2. The molecule has 3 N–H and O–H groups in total. The average Bonchev–Trinajstić information content (AvgIpc) is 2.70. The molecule has 0 fully saturated rings. The number of anilines is 2. The summed E-state index contributed by atoms with van der Waals surface area (Å²) in [5.74, 6) is 0.161. The van der Waals surface area contributed by atoms with Gasteiger partial charge in [-0.05, 0) is 36.4 Å². The van der Waals surface area contributed by atoms with Crippen molar-refractivity contribution < 1.29 is 9.53 Å². The van der Waals surface area contributed by atoms with Crippen LogP contribution in [-0.4, -0.2) is 5.91 Å². The summed E-state index contributed by atoms with van der Waals surface area (Å²) in [5, 5.41) is 12.4. The van der Waals surface area contributed by atoms with Crippen LogP contribution in [0, 0.1) is 11.3 Å². The van der Waals surface area contributed by atoms with Gasteiger partial charge in [-0.15, -0.1) is 0 Å². The summed E-state index contributed by atoms with van der Waals surface area (Å²) in [7, 11) is 0. The van der Waals surface area contributed by atoms with Gasteiger partial charge in [0.2, 0.25) is 0 Å². The fourth-order valence-corrected chi connectivity index (χ4v) is 2.99. The molecule has 0 unspecified atom stereocenters. The van der Waals surface area contributed by atoms with Crippen molar-refractivity contribution in [3.63, 3.8) is 0 Å². The number of nitrogens with two attached hydrogens (primary N) is 1. The normalized spacial score (nSPS) is 10.2. The molecule has 7 heteroatoms. The Kier molecular flexibility index (Phi) is 6.05. The molecule has 0 aromatic heterocycles. The van der Waals surface area contributed by atoms with Gasteiger partial charge >= 0.3 is 0 Å². The lowest BCUT2D eigenvalue weighted by molar-refractivity contribution is 0.102. The molecule has 0 spiro atoms. The number of carbonyl (C=O) groups excluding carboxylic acids is 1. The van der Waals surface area contributed by atoms with Crippen LogP contribution in [0.15, 0.2) is 60.7 Å². The smallest absolute Gasteiger partial charge is 0.255 e. The largest absolute Gasteiger partial charge is 0.489 e. The molecule has 1 amide bonds. The predicted octanol–water partition coefficient (Wildman–Crippen LogP) is 5.28. The van der Waals surface area contributed by atoms with Crippen LogP contribution < -0.4 is 15.8 Å². The van der Waals surface area contributed by atoms with E-state index in [2.05, 4.69) is 11.4 Å². The van der Waals surface area contributed by atoms with Crippen LogP contribution in [0.3, 0.4) is 0 Å². The number of nitriles is 1. The van der Waals surface area contributed by atoms with Crippen molar-refractivity contribution in [2.45, 2.75) is 6.61 Å². The maximum absolute atomic E-state index is 12.5. The Morgan fingerprint density at radius 2 is 1.79 bits per heavy atom. The molecule has 0 saturated carbocycles. The number of nitrogen functional groups attached to an aromatic ring is 1. The highest BCUT2D eigenvalue weighted by atomic mass is 35.5. The fraction of sp³-hybridized carbons (Fsp3) is 0.0476. The quantitative estimate of drug-likeness (QED) is 0.558. The van der Waals surface area contributed by atoms with Gasteiger partial charge < -0.3 is 15.8 Å². The molecule has 0 aliphatic carbocycles. The fourth-order valence-electron chi connectivity index (χ4n) is 2.50. The van der Waals surface area contributed by atoms with E-state index in [1.165, 1.54) is 12.1 Å². The number of nitrogens with zero attached hydrogens (tertiary/aromatic N) is 1. The molecule has 3 aromatic rings. The molecular weight excluding hydrogens is 397 g/mol. The second-order valence-electron chi connectivity index (χ2n) is 5.89. The van der Waals surface area contributed by atoms with E-state index < -0.39 is 0 Å². The monoisotopic (exact) mass is 411 g/mol. The summed E-state index contributed by atoms with van der Waals surface area (Å²) in [4.78, 5) is 12.5. The first-order valence-corrected chi connectivity index (χ1v) is 9.00. The van der Waals surface area contributed by atoms with Crippen LogP contribution in [0.1, 0.15) is 21.5 Å². The highest BCUT2D eigenvalue weighted by Gasteiger charge is 2.11. The Hall–Kier alpha value is -3.20. The number of nitrogens with one attached hydrogen (secondary N) is 1. The van der Waals surface area contributed by atoms with Crippen LogP contribution in [-0.2, 0) is 6.61 Å². The third-order valence-electron chi connectivity index (χ3n) is 3.97. The molecule has 3 aromatic carbocycles. The van der Waals surface area contributed by atoms with Gasteiger partial charge in [0.05, 0.1) is 27.4 Å². The molecule has 0 bridgehead atoms. The van der Waals surface area contributed by atoms with Crippen LogP contribution >= 0.6 is 23.2 Å². The maximum atomic E-state index is 12.5. The first kappa shape index (κ1) is 19.6. The number of amides is 1. The molecule has 0 radical (unpaired) electrons. The van der Waals surface area contributed by atoms with E-state index in [1.54, 1.807) is 36.4 Å². The van der Waals surface area contributed by atoms with Crippen molar-refractivity contribution in [2.24, 2.45) is 0 Å². The first-order valence-electron chi connectivity index (χ1n) is 8.24. The standard InChI is InChI=1S/C21H15Cl2N3O2/c22-18-9-16(10-19(23)20(18)25)26-21(27)13-6-3-7-17(8-13)28-12-15-5-2-1-4-14(15)11-24/h1-10H,12,25H2,(H,26,27). The van der Waals surface area contributed by atoms with Gasteiger partial charge in [-0.25, -0.2) is 0 Å². The zero-order valence-corrected chi connectivity index (χ0v) is 16.1.